The van der Waals surface area contributed by atoms with Crippen LogP contribution in [0.25, 0.3) is 10.9 Å². The van der Waals surface area contributed by atoms with E-state index in [0.29, 0.717) is 24.3 Å². The maximum atomic E-state index is 11.7. The third kappa shape index (κ3) is 2.19. The third-order valence-corrected chi connectivity index (χ3v) is 4.03. The van der Waals surface area contributed by atoms with Crippen LogP contribution < -0.4 is 5.32 Å². The van der Waals surface area contributed by atoms with Crippen LogP contribution >= 0.6 is 0 Å². The van der Waals surface area contributed by atoms with E-state index in [-0.39, 0.29) is 6.04 Å². The van der Waals surface area contributed by atoms with Crippen LogP contribution in [-0.2, 0) is 5.54 Å². The Kier molecular flexibility index (Phi) is 3.21. The van der Waals surface area contributed by atoms with Crippen molar-refractivity contribution in [2.45, 2.75) is 25.4 Å². The molecule has 1 aliphatic heterocycles. The lowest BCUT2D eigenvalue weighted by Gasteiger charge is -2.45. The highest BCUT2D eigenvalue weighted by Gasteiger charge is 2.43. The van der Waals surface area contributed by atoms with Crippen LogP contribution in [-0.4, -0.2) is 50.2 Å². The average molecular weight is 287 g/mol. The fourth-order valence-electron chi connectivity index (χ4n) is 2.85. The molecule has 2 N–H and O–H groups in total. The van der Waals surface area contributed by atoms with E-state index in [1.807, 2.05) is 19.9 Å². The molecule has 0 aromatic carbocycles. The molecule has 7 heteroatoms. The number of nitrogens with zero attached hydrogens (tertiary/aromatic N) is 4. The van der Waals surface area contributed by atoms with Crippen LogP contribution in [0, 0.1) is 0 Å². The minimum absolute atomic E-state index is 0.115. The van der Waals surface area contributed by atoms with Gasteiger partial charge in [0.15, 0.2) is 0 Å². The zero-order chi connectivity index (χ0) is 15.0. The van der Waals surface area contributed by atoms with Crippen LogP contribution in [0.15, 0.2) is 24.8 Å². The standard InChI is InChI=1S/C14H17N5O2/c1-9-6-19(13(20)21)14(2,7-16-9)12-10-3-4-15-5-11(10)17-8-18-12/h3-5,8-9,16H,6-7H2,1-2H3,(H,20,21). The quantitative estimate of drug-likeness (QED) is 0.819. The van der Waals surface area contributed by atoms with Crippen LogP contribution in [0.2, 0.25) is 0 Å². The van der Waals surface area contributed by atoms with Gasteiger partial charge >= 0.3 is 6.09 Å². The number of amides is 1. The molecule has 0 aliphatic carbocycles. The molecule has 3 rings (SSSR count). The molecule has 21 heavy (non-hydrogen) atoms. The third-order valence-electron chi connectivity index (χ3n) is 4.03. The Balaban J connectivity index is 2.17. The van der Waals surface area contributed by atoms with Gasteiger partial charge in [0, 0.05) is 30.7 Å². The predicted molar refractivity (Wildman–Crippen MR) is 76.9 cm³/mol. The van der Waals surface area contributed by atoms with Crippen molar-refractivity contribution < 1.29 is 9.90 Å². The Bertz CT molecular complexity index is 687. The summed E-state index contributed by atoms with van der Waals surface area (Å²) in [7, 11) is 0. The monoisotopic (exact) mass is 287 g/mol. The first kappa shape index (κ1) is 13.7. The molecule has 0 radical (unpaired) electrons. The molecule has 3 heterocycles. The number of rotatable bonds is 1. The number of aromatic nitrogens is 3. The smallest absolute Gasteiger partial charge is 0.408 e. The highest BCUT2D eigenvalue weighted by atomic mass is 16.4. The molecule has 1 aliphatic rings. The van der Waals surface area contributed by atoms with Gasteiger partial charge in [-0.05, 0) is 19.9 Å². The van der Waals surface area contributed by atoms with Crippen LogP contribution in [0.3, 0.4) is 0 Å². The summed E-state index contributed by atoms with van der Waals surface area (Å²) in [5, 5.41) is 13.7. The van der Waals surface area contributed by atoms with Crippen molar-refractivity contribution in [2.24, 2.45) is 0 Å². The van der Waals surface area contributed by atoms with Crippen molar-refractivity contribution in [3.8, 4) is 0 Å². The summed E-state index contributed by atoms with van der Waals surface area (Å²) in [5.74, 6) is 0. The van der Waals surface area contributed by atoms with Crippen LogP contribution in [0.4, 0.5) is 4.79 Å². The van der Waals surface area contributed by atoms with Gasteiger partial charge in [0.25, 0.3) is 0 Å². The number of pyridine rings is 1. The predicted octanol–water partition coefficient (Wildman–Crippen LogP) is 1.21. The maximum Gasteiger partial charge on any atom is 0.408 e. The van der Waals surface area contributed by atoms with Gasteiger partial charge in [0.05, 0.1) is 22.9 Å². The zero-order valence-electron chi connectivity index (χ0n) is 11.9. The summed E-state index contributed by atoms with van der Waals surface area (Å²) < 4.78 is 0. The molecule has 1 saturated heterocycles. The molecule has 1 amide bonds. The molecular weight excluding hydrogens is 270 g/mol. The fraction of sp³-hybridized carbons (Fsp3) is 0.429. The molecule has 1 fully saturated rings. The van der Waals surface area contributed by atoms with Crippen LogP contribution in [0.1, 0.15) is 19.5 Å². The normalized spacial score (nSPS) is 26.0. The van der Waals surface area contributed by atoms with Gasteiger partial charge in [-0.25, -0.2) is 14.8 Å². The van der Waals surface area contributed by atoms with E-state index in [2.05, 4.69) is 20.3 Å². The van der Waals surface area contributed by atoms with Crippen molar-refractivity contribution in [2.75, 3.05) is 13.1 Å². The number of hydrogen-bond acceptors (Lipinski definition) is 5. The van der Waals surface area contributed by atoms with Crippen molar-refractivity contribution in [1.82, 2.24) is 25.2 Å². The molecule has 0 saturated carbocycles. The summed E-state index contributed by atoms with van der Waals surface area (Å²) in [6, 6.07) is 1.94. The molecule has 2 unspecified atom stereocenters. The van der Waals surface area contributed by atoms with Gasteiger partial charge in [0.1, 0.15) is 6.33 Å². The Morgan fingerprint density at radius 2 is 2.33 bits per heavy atom. The largest absolute Gasteiger partial charge is 0.465 e. The highest BCUT2D eigenvalue weighted by molar-refractivity contribution is 5.81. The summed E-state index contributed by atoms with van der Waals surface area (Å²) in [5.41, 5.74) is 0.685. The van der Waals surface area contributed by atoms with E-state index in [1.54, 1.807) is 12.4 Å². The Hall–Kier alpha value is -2.28. The molecule has 2 aromatic heterocycles. The zero-order valence-corrected chi connectivity index (χ0v) is 11.9. The second-order valence-electron chi connectivity index (χ2n) is 5.56. The van der Waals surface area contributed by atoms with E-state index in [0.717, 1.165) is 5.39 Å². The SMILES string of the molecule is CC1CN(C(=O)O)C(C)(c2ncnc3cnccc23)CN1. The summed E-state index contributed by atoms with van der Waals surface area (Å²) in [4.78, 5) is 25.7. The van der Waals surface area contributed by atoms with E-state index in [1.165, 1.54) is 11.2 Å². The number of fused-ring (bicyclic) bond motifs is 1. The van der Waals surface area contributed by atoms with Gasteiger partial charge in [-0.2, -0.15) is 0 Å². The van der Waals surface area contributed by atoms with Gasteiger partial charge in [-0.15, -0.1) is 0 Å². The number of nitrogens with one attached hydrogen (secondary N) is 1. The molecule has 2 aromatic rings. The van der Waals surface area contributed by atoms with E-state index in [4.69, 9.17) is 0 Å². The van der Waals surface area contributed by atoms with E-state index >= 15 is 0 Å². The van der Waals surface area contributed by atoms with Gasteiger partial charge in [-0.1, -0.05) is 0 Å². The van der Waals surface area contributed by atoms with E-state index < -0.39 is 11.6 Å². The Labute approximate surface area is 122 Å². The lowest BCUT2D eigenvalue weighted by atomic mass is 9.89. The Morgan fingerprint density at radius 3 is 3.10 bits per heavy atom. The van der Waals surface area contributed by atoms with E-state index in [9.17, 15) is 9.90 Å². The number of piperazine rings is 1. The highest BCUT2D eigenvalue weighted by Crippen LogP contribution is 2.33. The summed E-state index contributed by atoms with van der Waals surface area (Å²) >= 11 is 0. The summed E-state index contributed by atoms with van der Waals surface area (Å²) in [6.45, 7) is 4.79. The first-order valence-electron chi connectivity index (χ1n) is 6.81. The van der Waals surface area contributed by atoms with Gasteiger partial charge < -0.3 is 10.4 Å². The molecule has 110 valence electrons. The molecular formula is C14H17N5O2. The fourth-order valence-corrected chi connectivity index (χ4v) is 2.85. The average Bonchev–Trinajstić information content (AvgIpc) is 2.49. The van der Waals surface area contributed by atoms with Gasteiger partial charge in [0.2, 0.25) is 0 Å². The number of hydrogen-bond donors (Lipinski definition) is 2. The molecule has 7 nitrogen and oxygen atoms in total. The second-order valence-corrected chi connectivity index (χ2v) is 5.56. The first-order valence-corrected chi connectivity index (χ1v) is 6.81. The topological polar surface area (TPSA) is 91.2 Å². The summed E-state index contributed by atoms with van der Waals surface area (Å²) in [6.07, 6.45) is 3.85. The first-order chi connectivity index (χ1) is 10.0. The molecule has 2 atom stereocenters. The minimum atomic E-state index is -0.938. The van der Waals surface area contributed by atoms with Crippen molar-refractivity contribution in [3.63, 3.8) is 0 Å². The second kappa shape index (κ2) is 4.92. The van der Waals surface area contributed by atoms with Crippen LogP contribution in [0.5, 0.6) is 0 Å². The minimum Gasteiger partial charge on any atom is -0.465 e. The van der Waals surface area contributed by atoms with Gasteiger partial charge in [-0.3, -0.25) is 9.88 Å². The Morgan fingerprint density at radius 1 is 1.52 bits per heavy atom. The van der Waals surface area contributed by atoms with Crippen molar-refractivity contribution >= 4 is 17.0 Å². The molecule has 0 bridgehead atoms. The van der Waals surface area contributed by atoms with Crippen molar-refractivity contribution in [3.05, 3.63) is 30.5 Å². The maximum absolute atomic E-state index is 11.7. The lowest BCUT2D eigenvalue weighted by molar-refractivity contribution is 0.0504. The number of carbonyl (C=O) groups is 1. The lowest BCUT2D eigenvalue weighted by Crippen LogP contribution is -2.62. The van der Waals surface area contributed by atoms with Crippen molar-refractivity contribution in [1.29, 1.82) is 0 Å². The molecule has 0 spiro atoms. The number of carboxylic acid groups (broad SMARTS) is 1.